The number of hydrogen-bond donors (Lipinski definition) is 1. The molecule has 1 nitrogen and oxygen atoms in total. The molecule has 1 unspecified atom stereocenters. The monoisotopic (exact) mass is 191 g/mol. The fourth-order valence-electron chi connectivity index (χ4n) is 2.05. The summed E-state index contributed by atoms with van der Waals surface area (Å²) in [5, 5.41) is 3.33. The van der Waals surface area contributed by atoms with Crippen LogP contribution in [0.3, 0.4) is 0 Å². The number of nitrogens with one attached hydrogen (secondary N) is 1. The number of fused-ring (bicyclic) bond motifs is 1. The van der Waals surface area contributed by atoms with Crippen LogP contribution in [0.25, 0.3) is 0 Å². The summed E-state index contributed by atoms with van der Waals surface area (Å²) in [6.07, 6.45) is 3.66. The highest BCUT2D eigenvalue weighted by atomic mass is 19.1. The van der Waals surface area contributed by atoms with Gasteiger partial charge in [0.15, 0.2) is 0 Å². The van der Waals surface area contributed by atoms with E-state index in [1.165, 1.54) is 6.07 Å². The molecule has 1 N–H and O–H groups in total. The Morgan fingerprint density at radius 3 is 3.21 bits per heavy atom. The molecule has 1 atom stereocenters. The topological polar surface area (TPSA) is 12.0 Å². The molecule has 1 aliphatic rings. The minimum Gasteiger partial charge on any atom is -0.306 e. The molecular formula is C12H14FN. The molecule has 0 saturated heterocycles. The first-order valence-electron chi connectivity index (χ1n) is 4.94. The van der Waals surface area contributed by atoms with E-state index in [0.717, 1.165) is 30.5 Å². The van der Waals surface area contributed by atoms with E-state index in [2.05, 4.69) is 11.9 Å². The average Bonchev–Trinajstić information content (AvgIpc) is 2.60. The molecule has 1 aromatic carbocycles. The Morgan fingerprint density at radius 1 is 1.57 bits per heavy atom. The van der Waals surface area contributed by atoms with Crippen molar-refractivity contribution in [2.24, 2.45) is 0 Å². The lowest BCUT2D eigenvalue weighted by Gasteiger charge is -2.11. The third-order valence-corrected chi connectivity index (χ3v) is 2.72. The first-order valence-corrected chi connectivity index (χ1v) is 4.94. The van der Waals surface area contributed by atoms with E-state index in [4.69, 9.17) is 0 Å². The Hall–Kier alpha value is -1.15. The molecule has 0 heterocycles. The summed E-state index contributed by atoms with van der Waals surface area (Å²) in [7, 11) is 0. The van der Waals surface area contributed by atoms with Crippen molar-refractivity contribution < 1.29 is 4.39 Å². The molecule has 0 aliphatic heterocycles. The summed E-state index contributed by atoms with van der Waals surface area (Å²) >= 11 is 0. The van der Waals surface area contributed by atoms with Crippen molar-refractivity contribution in [3.63, 3.8) is 0 Å². The molecular weight excluding hydrogens is 177 g/mol. The van der Waals surface area contributed by atoms with Gasteiger partial charge in [0.25, 0.3) is 0 Å². The van der Waals surface area contributed by atoms with Crippen LogP contribution in [0.4, 0.5) is 4.39 Å². The van der Waals surface area contributed by atoms with E-state index < -0.39 is 0 Å². The summed E-state index contributed by atoms with van der Waals surface area (Å²) in [5.74, 6) is -0.0644. The van der Waals surface area contributed by atoms with Gasteiger partial charge in [0.2, 0.25) is 0 Å². The zero-order valence-electron chi connectivity index (χ0n) is 8.09. The highest BCUT2D eigenvalue weighted by molar-refractivity contribution is 5.35. The zero-order valence-corrected chi connectivity index (χ0v) is 8.09. The van der Waals surface area contributed by atoms with E-state index in [9.17, 15) is 4.39 Å². The Balaban J connectivity index is 2.21. The molecule has 0 amide bonds. The molecule has 2 heteroatoms. The first kappa shape index (κ1) is 9.41. The van der Waals surface area contributed by atoms with Crippen LogP contribution in [0.1, 0.15) is 23.6 Å². The van der Waals surface area contributed by atoms with Gasteiger partial charge in [0.05, 0.1) is 0 Å². The number of rotatable bonds is 3. The number of halogens is 1. The largest absolute Gasteiger partial charge is 0.306 e. The molecule has 0 radical (unpaired) electrons. The lowest BCUT2D eigenvalue weighted by molar-refractivity contribution is 0.564. The summed E-state index contributed by atoms with van der Waals surface area (Å²) in [6, 6.07) is 5.63. The molecule has 2 rings (SSSR count). The van der Waals surface area contributed by atoms with Gasteiger partial charge in [-0.2, -0.15) is 0 Å². The lowest BCUT2D eigenvalue weighted by atomic mass is 10.1. The maximum atomic E-state index is 13.3. The van der Waals surface area contributed by atoms with Crippen LogP contribution >= 0.6 is 0 Å². The molecule has 0 saturated carbocycles. The van der Waals surface area contributed by atoms with Gasteiger partial charge in [-0.15, -0.1) is 6.58 Å². The van der Waals surface area contributed by atoms with Gasteiger partial charge in [-0.05, 0) is 30.0 Å². The average molecular weight is 191 g/mol. The molecule has 0 bridgehead atoms. The van der Waals surface area contributed by atoms with Gasteiger partial charge in [0.1, 0.15) is 5.82 Å². The van der Waals surface area contributed by atoms with Crippen molar-refractivity contribution in [1.29, 1.82) is 0 Å². The minimum absolute atomic E-state index is 0.0644. The third kappa shape index (κ3) is 1.58. The standard InChI is InChI=1S/C12H14FN/c1-2-8-14-12-7-6-9-10(12)4-3-5-11(9)13/h2-5,12,14H,1,6-8H2. The van der Waals surface area contributed by atoms with Crippen molar-refractivity contribution in [3.8, 4) is 0 Å². The molecule has 74 valence electrons. The van der Waals surface area contributed by atoms with Crippen LogP contribution in [0.5, 0.6) is 0 Å². The maximum Gasteiger partial charge on any atom is 0.126 e. The summed E-state index contributed by atoms with van der Waals surface area (Å²) in [6.45, 7) is 4.44. The van der Waals surface area contributed by atoms with Crippen LogP contribution in [0.2, 0.25) is 0 Å². The maximum absolute atomic E-state index is 13.3. The molecule has 0 aromatic heterocycles. The molecule has 14 heavy (non-hydrogen) atoms. The third-order valence-electron chi connectivity index (χ3n) is 2.72. The molecule has 0 fully saturated rings. The Kier molecular flexibility index (Phi) is 2.64. The van der Waals surface area contributed by atoms with Gasteiger partial charge in [-0.1, -0.05) is 18.2 Å². The van der Waals surface area contributed by atoms with Crippen LogP contribution in [0, 0.1) is 5.82 Å². The van der Waals surface area contributed by atoms with Crippen LogP contribution in [-0.2, 0) is 6.42 Å². The fourth-order valence-corrected chi connectivity index (χ4v) is 2.05. The van der Waals surface area contributed by atoms with E-state index in [1.54, 1.807) is 6.07 Å². The Labute approximate surface area is 83.6 Å². The number of benzene rings is 1. The Morgan fingerprint density at radius 2 is 2.43 bits per heavy atom. The van der Waals surface area contributed by atoms with Crippen LogP contribution in [0.15, 0.2) is 30.9 Å². The summed E-state index contributed by atoms with van der Waals surface area (Å²) < 4.78 is 13.3. The lowest BCUT2D eigenvalue weighted by Crippen LogP contribution is -2.18. The second-order valence-corrected chi connectivity index (χ2v) is 3.60. The SMILES string of the molecule is C=CCNC1CCc2c(F)cccc21. The van der Waals surface area contributed by atoms with E-state index in [0.29, 0.717) is 6.04 Å². The van der Waals surface area contributed by atoms with Gasteiger partial charge in [-0.3, -0.25) is 0 Å². The van der Waals surface area contributed by atoms with Gasteiger partial charge < -0.3 is 5.32 Å². The van der Waals surface area contributed by atoms with Crippen molar-refractivity contribution in [2.75, 3.05) is 6.54 Å². The second kappa shape index (κ2) is 3.93. The summed E-state index contributed by atoms with van der Waals surface area (Å²) in [5.41, 5.74) is 2.00. The molecule has 0 spiro atoms. The van der Waals surface area contributed by atoms with E-state index in [-0.39, 0.29) is 5.82 Å². The predicted molar refractivity (Wildman–Crippen MR) is 55.7 cm³/mol. The highest BCUT2D eigenvalue weighted by Crippen LogP contribution is 2.32. The normalized spacial score (nSPS) is 19.4. The Bertz CT molecular complexity index is 346. The smallest absolute Gasteiger partial charge is 0.126 e. The van der Waals surface area contributed by atoms with Crippen LogP contribution in [-0.4, -0.2) is 6.54 Å². The zero-order chi connectivity index (χ0) is 9.97. The molecule has 1 aromatic rings. The van der Waals surface area contributed by atoms with Crippen molar-refractivity contribution in [3.05, 3.63) is 47.8 Å². The van der Waals surface area contributed by atoms with Crippen molar-refractivity contribution >= 4 is 0 Å². The minimum atomic E-state index is -0.0644. The van der Waals surface area contributed by atoms with E-state index in [1.807, 2.05) is 12.1 Å². The molecule has 1 aliphatic carbocycles. The first-order chi connectivity index (χ1) is 6.83. The van der Waals surface area contributed by atoms with Crippen molar-refractivity contribution in [2.45, 2.75) is 18.9 Å². The highest BCUT2D eigenvalue weighted by Gasteiger charge is 2.23. The van der Waals surface area contributed by atoms with Gasteiger partial charge in [0, 0.05) is 12.6 Å². The van der Waals surface area contributed by atoms with E-state index >= 15 is 0 Å². The second-order valence-electron chi connectivity index (χ2n) is 3.60. The van der Waals surface area contributed by atoms with Gasteiger partial charge in [-0.25, -0.2) is 4.39 Å². The fraction of sp³-hybridized carbons (Fsp3) is 0.333. The number of hydrogen-bond acceptors (Lipinski definition) is 1. The summed E-state index contributed by atoms with van der Waals surface area (Å²) in [4.78, 5) is 0. The predicted octanol–water partition coefficient (Wildman–Crippen LogP) is 2.59. The van der Waals surface area contributed by atoms with Crippen LogP contribution < -0.4 is 5.32 Å². The quantitative estimate of drug-likeness (QED) is 0.724. The van der Waals surface area contributed by atoms with Gasteiger partial charge >= 0.3 is 0 Å². The van der Waals surface area contributed by atoms with Crippen molar-refractivity contribution in [1.82, 2.24) is 5.32 Å².